The first-order valence-corrected chi connectivity index (χ1v) is 6.01. The lowest BCUT2D eigenvalue weighted by atomic mass is 9.92. The third kappa shape index (κ3) is 1.78. The summed E-state index contributed by atoms with van der Waals surface area (Å²) in [6.45, 7) is 2.11. The quantitative estimate of drug-likeness (QED) is 0.686. The first-order chi connectivity index (χ1) is 9.08. The number of carbonyl (C=O) groups is 3. The highest BCUT2D eigenvalue weighted by Gasteiger charge is 2.43. The number of aromatic nitrogens is 2. The fourth-order valence-corrected chi connectivity index (χ4v) is 2.66. The number of piperidine rings is 1. The molecule has 2 aliphatic heterocycles. The Morgan fingerprint density at radius 2 is 2.16 bits per heavy atom. The zero-order valence-corrected chi connectivity index (χ0v) is 10.3. The van der Waals surface area contributed by atoms with E-state index in [-0.39, 0.29) is 24.2 Å². The Kier molecular flexibility index (Phi) is 2.55. The minimum Gasteiger partial charge on any atom is -0.320 e. The number of nitrogens with one attached hydrogen (secondary N) is 1. The van der Waals surface area contributed by atoms with Crippen molar-refractivity contribution in [3.05, 3.63) is 23.8 Å². The number of imide groups is 1. The summed E-state index contributed by atoms with van der Waals surface area (Å²) >= 11 is 0. The van der Waals surface area contributed by atoms with Crippen molar-refractivity contribution in [2.75, 3.05) is 0 Å². The van der Waals surface area contributed by atoms with Crippen LogP contribution in [-0.4, -0.2) is 38.6 Å². The molecule has 2 unspecified atom stereocenters. The number of nitrogens with zero attached hydrogens (tertiary/aromatic N) is 3. The van der Waals surface area contributed by atoms with Crippen LogP contribution in [0.4, 0.5) is 0 Å². The molecule has 0 aliphatic carbocycles. The van der Waals surface area contributed by atoms with Crippen LogP contribution in [-0.2, 0) is 16.1 Å². The fourth-order valence-electron chi connectivity index (χ4n) is 2.66. The van der Waals surface area contributed by atoms with Crippen molar-refractivity contribution in [2.45, 2.75) is 25.9 Å². The smallest absolute Gasteiger partial charge is 0.273 e. The maximum Gasteiger partial charge on any atom is 0.273 e. The maximum atomic E-state index is 12.2. The molecule has 2 atom stereocenters. The van der Waals surface area contributed by atoms with Gasteiger partial charge in [-0.1, -0.05) is 6.92 Å². The number of hydrogen-bond acceptors (Lipinski definition) is 5. The molecular formula is C12H12N4O3. The van der Waals surface area contributed by atoms with Gasteiger partial charge in [0.1, 0.15) is 18.1 Å². The molecule has 19 heavy (non-hydrogen) atoms. The van der Waals surface area contributed by atoms with Crippen LogP contribution >= 0.6 is 0 Å². The second kappa shape index (κ2) is 4.11. The Morgan fingerprint density at radius 1 is 1.37 bits per heavy atom. The van der Waals surface area contributed by atoms with E-state index in [1.165, 1.54) is 11.2 Å². The Balaban J connectivity index is 1.91. The largest absolute Gasteiger partial charge is 0.320 e. The molecule has 0 saturated carbocycles. The second-order valence-electron chi connectivity index (χ2n) is 4.87. The summed E-state index contributed by atoms with van der Waals surface area (Å²) in [4.78, 5) is 44.8. The molecule has 3 heterocycles. The second-order valence-corrected chi connectivity index (χ2v) is 4.87. The monoisotopic (exact) mass is 260 g/mol. The van der Waals surface area contributed by atoms with E-state index in [0.29, 0.717) is 17.8 Å². The van der Waals surface area contributed by atoms with E-state index in [0.717, 1.165) is 0 Å². The normalized spacial score (nSPS) is 26.4. The molecule has 0 bridgehead atoms. The molecule has 3 amide bonds. The van der Waals surface area contributed by atoms with Crippen LogP contribution < -0.4 is 5.32 Å². The number of fused-ring (bicyclic) bond motifs is 1. The van der Waals surface area contributed by atoms with Gasteiger partial charge in [-0.3, -0.25) is 19.7 Å². The summed E-state index contributed by atoms with van der Waals surface area (Å²) in [6.07, 6.45) is 3.13. The highest BCUT2D eigenvalue weighted by Crippen LogP contribution is 2.27. The van der Waals surface area contributed by atoms with Gasteiger partial charge < -0.3 is 4.90 Å². The van der Waals surface area contributed by atoms with Crippen molar-refractivity contribution in [3.8, 4) is 0 Å². The predicted octanol–water partition coefficient (Wildman–Crippen LogP) is -0.516. The molecule has 3 rings (SSSR count). The van der Waals surface area contributed by atoms with E-state index < -0.39 is 11.9 Å². The van der Waals surface area contributed by atoms with Gasteiger partial charge in [0.05, 0.1) is 6.54 Å². The summed E-state index contributed by atoms with van der Waals surface area (Å²) in [6, 6.07) is -0.626. The lowest BCUT2D eigenvalue weighted by Gasteiger charge is -2.34. The summed E-state index contributed by atoms with van der Waals surface area (Å²) in [5, 5.41) is 2.28. The van der Waals surface area contributed by atoms with Gasteiger partial charge in [0.15, 0.2) is 0 Å². The van der Waals surface area contributed by atoms with E-state index in [2.05, 4.69) is 15.3 Å². The molecule has 7 nitrogen and oxygen atoms in total. The van der Waals surface area contributed by atoms with Gasteiger partial charge in [-0.05, 0) is 5.92 Å². The van der Waals surface area contributed by atoms with Gasteiger partial charge in [0.25, 0.3) is 5.91 Å². The molecule has 1 aromatic heterocycles. The molecule has 1 saturated heterocycles. The molecule has 1 fully saturated rings. The lowest BCUT2D eigenvalue weighted by Crippen LogP contribution is -2.56. The Bertz CT molecular complexity index is 586. The van der Waals surface area contributed by atoms with Crippen molar-refractivity contribution < 1.29 is 14.4 Å². The van der Waals surface area contributed by atoms with Crippen LogP contribution in [0.1, 0.15) is 29.4 Å². The topological polar surface area (TPSA) is 92.3 Å². The van der Waals surface area contributed by atoms with Crippen molar-refractivity contribution in [1.82, 2.24) is 20.2 Å². The highest BCUT2D eigenvalue weighted by atomic mass is 16.2. The minimum absolute atomic E-state index is 0.201. The summed E-state index contributed by atoms with van der Waals surface area (Å²) < 4.78 is 0. The van der Waals surface area contributed by atoms with E-state index in [4.69, 9.17) is 0 Å². The van der Waals surface area contributed by atoms with Gasteiger partial charge in [0, 0.05) is 18.2 Å². The lowest BCUT2D eigenvalue weighted by molar-refractivity contribution is -0.139. The number of amides is 3. The minimum atomic E-state index is -0.626. The molecule has 1 aromatic rings. The SMILES string of the molecule is CC1CC(=O)NC(=O)C1N1Cc2cncnc2C1=O. The molecule has 7 heteroatoms. The number of hydrogen-bond donors (Lipinski definition) is 1. The van der Waals surface area contributed by atoms with Crippen LogP contribution in [0.15, 0.2) is 12.5 Å². The van der Waals surface area contributed by atoms with Crippen LogP contribution in [0.5, 0.6) is 0 Å². The average Bonchev–Trinajstić information content (AvgIpc) is 2.66. The van der Waals surface area contributed by atoms with Gasteiger partial charge >= 0.3 is 0 Å². The highest BCUT2D eigenvalue weighted by molar-refractivity contribution is 6.04. The molecule has 0 radical (unpaired) electrons. The van der Waals surface area contributed by atoms with Gasteiger partial charge in [-0.2, -0.15) is 0 Å². The first-order valence-electron chi connectivity index (χ1n) is 6.01. The Labute approximate surface area is 109 Å². The van der Waals surface area contributed by atoms with Crippen LogP contribution in [0.25, 0.3) is 0 Å². The number of carbonyl (C=O) groups excluding carboxylic acids is 3. The van der Waals surface area contributed by atoms with Gasteiger partial charge in [-0.25, -0.2) is 9.97 Å². The molecule has 1 N–H and O–H groups in total. The Morgan fingerprint density at radius 3 is 2.84 bits per heavy atom. The summed E-state index contributed by atoms with van der Waals surface area (Å²) in [5.74, 6) is -1.19. The van der Waals surface area contributed by atoms with Crippen LogP contribution in [0.3, 0.4) is 0 Å². The van der Waals surface area contributed by atoms with E-state index in [1.807, 2.05) is 0 Å². The third-order valence-corrected chi connectivity index (χ3v) is 3.51. The maximum absolute atomic E-state index is 12.2. The zero-order chi connectivity index (χ0) is 13.6. The molecule has 2 aliphatic rings. The van der Waals surface area contributed by atoms with Crippen molar-refractivity contribution in [1.29, 1.82) is 0 Å². The van der Waals surface area contributed by atoms with Crippen LogP contribution in [0, 0.1) is 5.92 Å². The Hall–Kier alpha value is -2.31. The van der Waals surface area contributed by atoms with E-state index in [9.17, 15) is 14.4 Å². The molecule has 0 spiro atoms. The van der Waals surface area contributed by atoms with E-state index in [1.54, 1.807) is 13.1 Å². The van der Waals surface area contributed by atoms with Crippen molar-refractivity contribution in [3.63, 3.8) is 0 Å². The van der Waals surface area contributed by atoms with Gasteiger partial charge in [-0.15, -0.1) is 0 Å². The summed E-state index contributed by atoms with van der Waals surface area (Å²) in [5.41, 5.74) is 1.05. The molecular weight excluding hydrogens is 248 g/mol. The predicted molar refractivity (Wildman–Crippen MR) is 62.6 cm³/mol. The van der Waals surface area contributed by atoms with E-state index >= 15 is 0 Å². The summed E-state index contributed by atoms with van der Waals surface area (Å²) in [7, 11) is 0. The third-order valence-electron chi connectivity index (χ3n) is 3.51. The van der Waals surface area contributed by atoms with Gasteiger partial charge in [0.2, 0.25) is 11.8 Å². The van der Waals surface area contributed by atoms with Crippen molar-refractivity contribution >= 4 is 17.7 Å². The van der Waals surface area contributed by atoms with Crippen LogP contribution in [0.2, 0.25) is 0 Å². The van der Waals surface area contributed by atoms with Crippen molar-refractivity contribution in [2.24, 2.45) is 5.92 Å². The first kappa shape index (κ1) is 11.8. The molecule has 0 aromatic carbocycles. The number of rotatable bonds is 1. The standard InChI is InChI=1S/C12H12N4O3/c1-6-2-8(17)15-11(18)10(6)16-4-7-3-13-5-14-9(7)12(16)19/h3,5-6,10H,2,4H2,1H3,(H,15,17,18). The zero-order valence-electron chi connectivity index (χ0n) is 10.3. The fraction of sp³-hybridized carbons (Fsp3) is 0.417. The average molecular weight is 260 g/mol. The molecule has 98 valence electrons.